The lowest BCUT2D eigenvalue weighted by molar-refractivity contribution is -0.0640. The van der Waals surface area contributed by atoms with Gasteiger partial charge in [0.05, 0.1) is 33.1 Å². The van der Waals surface area contributed by atoms with Gasteiger partial charge in [0.2, 0.25) is 0 Å². The number of hydrogen-bond acceptors (Lipinski definition) is 6. The highest BCUT2D eigenvalue weighted by Gasteiger charge is 2.37. The van der Waals surface area contributed by atoms with Gasteiger partial charge >= 0.3 is 0 Å². The number of rotatable bonds is 6. The number of aliphatic hydroxyl groups is 1. The van der Waals surface area contributed by atoms with Crippen LogP contribution >= 0.6 is 34.7 Å². The molecule has 0 saturated heterocycles. The summed E-state index contributed by atoms with van der Waals surface area (Å²) in [4.78, 5) is 0. The number of ether oxygens (including phenoxy) is 1. The number of nitrogens with zero attached hydrogens (tertiary/aromatic N) is 2. The molecule has 0 aliphatic heterocycles. The van der Waals surface area contributed by atoms with Gasteiger partial charge < -0.3 is 14.4 Å². The maximum atomic E-state index is 11.4. The summed E-state index contributed by atoms with van der Waals surface area (Å²) >= 11 is 14.4. The van der Waals surface area contributed by atoms with Gasteiger partial charge in [-0.25, -0.2) is 0 Å². The predicted molar refractivity (Wildman–Crippen MR) is 134 cm³/mol. The Morgan fingerprint density at radius 3 is 2.59 bits per heavy atom. The van der Waals surface area contributed by atoms with Crippen LogP contribution in [0.25, 0.3) is 21.3 Å². The second-order valence-corrected chi connectivity index (χ2v) is 11.0. The number of halogens is 2. The number of fused-ring (bicyclic) bond motifs is 1. The molecule has 2 heterocycles. The third-order valence-corrected chi connectivity index (χ3v) is 8.49. The van der Waals surface area contributed by atoms with Gasteiger partial charge in [-0.15, -0.1) is 0 Å². The molecule has 8 heteroatoms. The molecule has 2 fully saturated rings. The molecule has 2 aromatic heterocycles. The van der Waals surface area contributed by atoms with E-state index in [9.17, 15) is 5.11 Å². The van der Waals surface area contributed by atoms with Crippen molar-refractivity contribution in [2.45, 2.75) is 62.8 Å². The summed E-state index contributed by atoms with van der Waals surface area (Å²) < 4.78 is 17.5. The van der Waals surface area contributed by atoms with E-state index in [0.717, 1.165) is 52.7 Å². The van der Waals surface area contributed by atoms with Crippen molar-refractivity contribution in [2.24, 2.45) is 0 Å². The van der Waals surface area contributed by atoms with Crippen molar-refractivity contribution in [1.82, 2.24) is 9.53 Å². The molecule has 176 valence electrons. The van der Waals surface area contributed by atoms with E-state index in [1.807, 2.05) is 30.5 Å². The monoisotopic (exact) mass is 514 g/mol. The van der Waals surface area contributed by atoms with Crippen LogP contribution in [0.1, 0.15) is 61.3 Å². The summed E-state index contributed by atoms with van der Waals surface area (Å²) in [6.45, 7) is 0.391. The number of benzene rings is 2. The van der Waals surface area contributed by atoms with Gasteiger partial charge in [-0.1, -0.05) is 40.5 Å². The molecule has 0 unspecified atom stereocenters. The van der Waals surface area contributed by atoms with Crippen LogP contribution in [-0.2, 0) is 16.9 Å². The molecule has 2 aromatic carbocycles. The first-order valence-corrected chi connectivity index (χ1v) is 13.2. The fourth-order valence-electron chi connectivity index (χ4n) is 4.94. The molecule has 4 aromatic rings. The van der Waals surface area contributed by atoms with Gasteiger partial charge in [0.1, 0.15) is 11.5 Å². The average molecular weight is 515 g/mol. The lowest BCUT2D eigenvalue weighted by atomic mass is 9.78. The summed E-state index contributed by atoms with van der Waals surface area (Å²) in [5.41, 5.74) is 2.43. The first kappa shape index (κ1) is 22.5. The Balaban J connectivity index is 1.18. The zero-order valence-corrected chi connectivity index (χ0v) is 20.8. The van der Waals surface area contributed by atoms with E-state index in [2.05, 4.69) is 21.7 Å². The summed E-state index contributed by atoms with van der Waals surface area (Å²) in [6, 6.07) is 11.6. The fourth-order valence-corrected chi connectivity index (χ4v) is 6.14. The molecule has 6 rings (SSSR count). The minimum atomic E-state index is -0.831. The summed E-state index contributed by atoms with van der Waals surface area (Å²) in [5, 5.41) is 17.9. The van der Waals surface area contributed by atoms with E-state index in [-0.39, 0.29) is 6.10 Å². The Bertz CT molecular complexity index is 1320. The first-order valence-electron chi connectivity index (χ1n) is 11.6. The molecule has 0 amide bonds. The van der Waals surface area contributed by atoms with E-state index < -0.39 is 5.60 Å². The summed E-state index contributed by atoms with van der Waals surface area (Å²) in [7, 11) is 0. The van der Waals surface area contributed by atoms with Crippen LogP contribution in [0.3, 0.4) is 0 Å². The highest BCUT2D eigenvalue weighted by atomic mass is 35.5. The van der Waals surface area contributed by atoms with Crippen molar-refractivity contribution in [3.05, 3.63) is 69.5 Å². The van der Waals surface area contributed by atoms with Crippen LogP contribution in [0.4, 0.5) is 0 Å². The normalized spacial score (nSPS) is 23.0. The van der Waals surface area contributed by atoms with Gasteiger partial charge in [0.25, 0.3) is 0 Å². The van der Waals surface area contributed by atoms with Crippen molar-refractivity contribution in [1.29, 1.82) is 0 Å². The average Bonchev–Trinajstić information content (AvgIpc) is 3.42. The van der Waals surface area contributed by atoms with Crippen LogP contribution in [0.15, 0.2) is 47.1 Å². The topological polar surface area (TPSA) is 68.4 Å². The van der Waals surface area contributed by atoms with Crippen molar-refractivity contribution >= 4 is 44.8 Å². The van der Waals surface area contributed by atoms with Gasteiger partial charge in [0, 0.05) is 28.6 Å². The van der Waals surface area contributed by atoms with E-state index in [1.54, 1.807) is 0 Å². The van der Waals surface area contributed by atoms with Crippen LogP contribution in [0.2, 0.25) is 10.0 Å². The minimum absolute atomic E-state index is 0.0586. The second-order valence-electron chi connectivity index (χ2n) is 9.37. The Morgan fingerprint density at radius 1 is 1.09 bits per heavy atom. The molecule has 0 radical (unpaired) electrons. The van der Waals surface area contributed by atoms with Gasteiger partial charge in [-0.05, 0) is 79.9 Å². The lowest BCUT2D eigenvalue weighted by Crippen LogP contribution is -2.34. The Hall–Kier alpha value is -1.96. The second kappa shape index (κ2) is 8.92. The lowest BCUT2D eigenvalue weighted by Gasteiger charge is -2.36. The largest absolute Gasteiger partial charge is 0.385 e. The zero-order valence-electron chi connectivity index (χ0n) is 18.5. The van der Waals surface area contributed by atoms with Crippen molar-refractivity contribution < 1.29 is 14.4 Å². The minimum Gasteiger partial charge on any atom is -0.385 e. The maximum Gasteiger partial charge on any atom is 0.145 e. The standard InChI is InChI=1S/C26H24Cl2N2O3S/c27-20-2-1-3-21(28)23(20)24-19(25(33-30-24)15-4-5-15)14-32-18-8-10-26(31,11-9-18)17-6-7-22-16(12-17)13-29-34-22/h1-3,6-7,12-13,15,18,31H,4-5,8-11,14H2/t18-,26+. The highest BCUT2D eigenvalue weighted by molar-refractivity contribution is 7.13. The maximum absolute atomic E-state index is 11.4. The Kier molecular flexibility index (Phi) is 5.90. The number of aromatic nitrogens is 2. The Labute approximate surface area is 211 Å². The summed E-state index contributed by atoms with van der Waals surface area (Å²) in [5.74, 6) is 1.27. The third-order valence-electron chi connectivity index (χ3n) is 7.08. The molecule has 5 nitrogen and oxygen atoms in total. The van der Waals surface area contributed by atoms with Gasteiger partial charge in [-0.3, -0.25) is 0 Å². The summed E-state index contributed by atoms with van der Waals surface area (Å²) in [6.07, 6.45) is 6.98. The van der Waals surface area contributed by atoms with E-state index in [1.165, 1.54) is 11.5 Å². The number of hydrogen-bond donors (Lipinski definition) is 1. The zero-order chi connectivity index (χ0) is 23.3. The highest BCUT2D eigenvalue weighted by Crippen LogP contribution is 2.46. The molecule has 0 spiro atoms. The van der Waals surface area contributed by atoms with E-state index >= 15 is 0 Å². The molecule has 34 heavy (non-hydrogen) atoms. The van der Waals surface area contributed by atoms with Crippen LogP contribution in [0.5, 0.6) is 0 Å². The fraction of sp³-hybridized carbons (Fsp3) is 0.385. The molecular formula is C26H24Cl2N2O3S. The van der Waals surface area contributed by atoms with Gasteiger partial charge in [-0.2, -0.15) is 4.37 Å². The molecule has 1 N–H and O–H groups in total. The Morgan fingerprint density at radius 2 is 1.85 bits per heavy atom. The quantitative estimate of drug-likeness (QED) is 0.288. The molecular weight excluding hydrogens is 491 g/mol. The third kappa shape index (κ3) is 4.16. The first-order chi connectivity index (χ1) is 16.5. The van der Waals surface area contributed by atoms with Crippen molar-refractivity contribution in [3.8, 4) is 11.3 Å². The molecule has 2 aliphatic carbocycles. The molecule has 0 bridgehead atoms. The van der Waals surface area contributed by atoms with Crippen LogP contribution < -0.4 is 0 Å². The SMILES string of the molecule is O[C@]1(c2ccc3sncc3c2)CC[C@H](OCc2c(-c3c(Cl)cccc3Cl)noc2C2CC2)CC1. The van der Waals surface area contributed by atoms with Crippen molar-refractivity contribution in [2.75, 3.05) is 0 Å². The van der Waals surface area contributed by atoms with E-state index in [4.69, 9.17) is 32.5 Å². The van der Waals surface area contributed by atoms with E-state index in [0.29, 0.717) is 46.7 Å². The van der Waals surface area contributed by atoms with Gasteiger partial charge in [0.15, 0.2) is 0 Å². The smallest absolute Gasteiger partial charge is 0.145 e. The van der Waals surface area contributed by atoms with Crippen LogP contribution in [-0.4, -0.2) is 20.7 Å². The molecule has 0 atom stereocenters. The molecule has 2 aliphatic rings. The van der Waals surface area contributed by atoms with Crippen molar-refractivity contribution in [3.63, 3.8) is 0 Å². The molecule has 2 saturated carbocycles. The predicted octanol–water partition coefficient (Wildman–Crippen LogP) is 7.48. The van der Waals surface area contributed by atoms with Crippen LogP contribution in [0, 0.1) is 0 Å².